The number of benzene rings is 4. The van der Waals surface area contributed by atoms with Crippen molar-refractivity contribution in [2.75, 3.05) is 52.6 Å². The van der Waals surface area contributed by atoms with Gasteiger partial charge >= 0.3 is 12.2 Å². The molecule has 4 aromatic carbocycles. The van der Waals surface area contributed by atoms with Crippen molar-refractivity contribution in [2.45, 2.75) is 141 Å². The molecule has 2 saturated heterocycles. The van der Waals surface area contributed by atoms with Crippen molar-refractivity contribution >= 4 is 61.4 Å². The van der Waals surface area contributed by atoms with Crippen LogP contribution < -0.4 is 31.4 Å². The number of carbonyl (C=O) groups excluding carboxylic acids is 4. The van der Waals surface area contributed by atoms with Crippen molar-refractivity contribution in [3.63, 3.8) is 0 Å². The van der Waals surface area contributed by atoms with Crippen LogP contribution in [0, 0.1) is 0 Å². The molecule has 0 radical (unpaired) electrons. The number of amides is 4. The highest BCUT2D eigenvalue weighted by atomic mass is 28.4. The van der Waals surface area contributed by atoms with E-state index < -0.39 is 64.3 Å². The van der Waals surface area contributed by atoms with Crippen molar-refractivity contribution in [1.82, 2.24) is 20.4 Å². The molecule has 6 rings (SSSR count). The highest BCUT2D eigenvalue weighted by Crippen LogP contribution is 2.41. The Morgan fingerprint density at radius 3 is 1.00 bits per heavy atom. The van der Waals surface area contributed by atoms with E-state index in [1.165, 1.54) is 9.80 Å². The fourth-order valence-electron chi connectivity index (χ4n) is 10.2. The molecule has 2 aliphatic rings. The van der Waals surface area contributed by atoms with E-state index in [1.807, 2.05) is 114 Å². The molecule has 2 fully saturated rings. The molecular weight excluding hydrogens is 969 g/mol. The molecular formula is C58H82N4O10Si2. The number of likely N-dealkylation sites (tertiary alicyclic amines) is 2. The summed E-state index contributed by atoms with van der Waals surface area (Å²) in [6.45, 7) is 25.8. The molecule has 2 aliphatic heterocycles. The highest BCUT2D eigenvalue weighted by molar-refractivity contribution is 7.00. The zero-order valence-electron chi connectivity index (χ0n) is 45.9. The minimum absolute atomic E-state index is 0.201. The van der Waals surface area contributed by atoms with Gasteiger partial charge in [0.1, 0.15) is 23.3 Å². The van der Waals surface area contributed by atoms with Crippen molar-refractivity contribution in [3.05, 3.63) is 121 Å². The third kappa shape index (κ3) is 14.3. The summed E-state index contributed by atoms with van der Waals surface area (Å²) in [4.78, 5) is 58.3. The van der Waals surface area contributed by atoms with E-state index in [0.717, 1.165) is 20.7 Å². The summed E-state index contributed by atoms with van der Waals surface area (Å²) in [7, 11) is -5.98. The fraction of sp³-hybridized carbons (Fsp3) is 0.517. The van der Waals surface area contributed by atoms with Crippen molar-refractivity contribution in [1.29, 1.82) is 0 Å². The van der Waals surface area contributed by atoms with Crippen molar-refractivity contribution in [2.24, 2.45) is 0 Å². The van der Waals surface area contributed by atoms with Gasteiger partial charge in [-0.3, -0.25) is 19.4 Å². The van der Waals surface area contributed by atoms with Crippen LogP contribution in [0.2, 0.25) is 10.1 Å². The maximum Gasteiger partial charge on any atom is 0.411 e. The highest BCUT2D eigenvalue weighted by Gasteiger charge is 2.55. The first kappa shape index (κ1) is 57.9. The number of hydrogen-bond donors (Lipinski definition) is 2. The van der Waals surface area contributed by atoms with Crippen LogP contribution in [0.15, 0.2) is 121 Å². The normalized spacial score (nSPS) is 18.8. The van der Waals surface area contributed by atoms with Gasteiger partial charge in [-0.25, -0.2) is 9.59 Å². The molecule has 4 amide bonds. The van der Waals surface area contributed by atoms with Gasteiger partial charge in [-0.2, -0.15) is 0 Å². The van der Waals surface area contributed by atoms with Gasteiger partial charge in [0, 0.05) is 39.0 Å². The van der Waals surface area contributed by atoms with Crippen LogP contribution in [0.5, 0.6) is 0 Å². The number of hydrogen-bond acceptors (Lipinski definition) is 10. The zero-order valence-corrected chi connectivity index (χ0v) is 47.9. The number of nitrogens with one attached hydrogen (secondary N) is 2. The molecule has 402 valence electrons. The molecule has 0 bridgehead atoms. The van der Waals surface area contributed by atoms with Crippen LogP contribution in [0.1, 0.15) is 95.9 Å². The van der Waals surface area contributed by atoms with E-state index in [4.69, 9.17) is 27.8 Å². The summed E-state index contributed by atoms with van der Waals surface area (Å²) in [5, 5.41) is 9.82. The van der Waals surface area contributed by atoms with Crippen LogP contribution in [0.3, 0.4) is 0 Å². The van der Waals surface area contributed by atoms with Gasteiger partial charge in [-0.05, 0) is 72.4 Å². The average molecular weight is 1050 g/mol. The Hall–Kier alpha value is -5.37. The molecule has 2 heterocycles. The van der Waals surface area contributed by atoms with Gasteiger partial charge in [-0.1, -0.05) is 163 Å². The zero-order chi connectivity index (χ0) is 54.0. The van der Waals surface area contributed by atoms with Crippen LogP contribution in [-0.2, 0) is 37.4 Å². The van der Waals surface area contributed by atoms with Crippen LogP contribution >= 0.6 is 0 Å². The lowest BCUT2D eigenvalue weighted by Crippen LogP contribution is -2.67. The van der Waals surface area contributed by atoms with Crippen molar-refractivity contribution in [3.8, 4) is 0 Å². The minimum Gasteiger partial charge on any atom is -0.444 e. The van der Waals surface area contributed by atoms with Gasteiger partial charge in [-0.15, -0.1) is 0 Å². The number of nitrogens with zero attached hydrogens (tertiary/aromatic N) is 2. The molecule has 4 aromatic rings. The Balaban J connectivity index is 1.01. The average Bonchev–Trinajstić information content (AvgIpc) is 3.97. The first-order chi connectivity index (χ1) is 34.9. The van der Waals surface area contributed by atoms with E-state index in [9.17, 15) is 19.2 Å². The lowest BCUT2D eigenvalue weighted by Gasteiger charge is -2.44. The quantitative estimate of drug-likeness (QED) is 0.0731. The second-order valence-electron chi connectivity index (χ2n) is 23.4. The first-order valence-electron chi connectivity index (χ1n) is 26.1. The topological polar surface area (TPSA) is 154 Å². The van der Waals surface area contributed by atoms with Crippen LogP contribution in [-0.4, -0.2) is 139 Å². The summed E-state index contributed by atoms with van der Waals surface area (Å²) in [6, 6.07) is 39.6. The first-order valence-corrected chi connectivity index (χ1v) is 30.0. The molecule has 0 spiro atoms. The summed E-state index contributed by atoms with van der Waals surface area (Å²) in [5.74, 6) is -0.623. The number of ether oxygens (including phenoxy) is 4. The van der Waals surface area contributed by atoms with E-state index in [0.29, 0.717) is 12.8 Å². The Morgan fingerprint density at radius 2 is 0.743 bits per heavy atom. The molecule has 16 heteroatoms. The molecule has 4 atom stereocenters. The molecule has 0 unspecified atom stereocenters. The second kappa shape index (κ2) is 24.5. The van der Waals surface area contributed by atoms with Gasteiger partial charge in [0.2, 0.25) is 11.8 Å². The largest absolute Gasteiger partial charge is 0.444 e. The lowest BCUT2D eigenvalue weighted by molar-refractivity contribution is -0.126. The smallest absolute Gasteiger partial charge is 0.411 e. The minimum atomic E-state index is -2.99. The van der Waals surface area contributed by atoms with Crippen LogP contribution in [0.4, 0.5) is 9.59 Å². The molecule has 0 saturated carbocycles. The molecule has 2 N–H and O–H groups in total. The van der Waals surface area contributed by atoms with Gasteiger partial charge in [0.15, 0.2) is 0 Å². The molecule has 14 nitrogen and oxygen atoms in total. The number of rotatable bonds is 19. The van der Waals surface area contributed by atoms with Gasteiger partial charge in [0.05, 0.1) is 38.6 Å². The summed E-state index contributed by atoms with van der Waals surface area (Å²) in [5.41, 5.74) is -1.52. The fourth-order valence-corrected chi connectivity index (χ4v) is 19.6. The Morgan fingerprint density at radius 1 is 0.459 bits per heavy atom. The summed E-state index contributed by atoms with van der Waals surface area (Å²) >= 11 is 0. The standard InChI is InChI=1S/C58H82N4O10Si2/c1-55(2,3)69-53(65)61-41-43(71-73(57(7,8)9,45-25-17-13-18-26-45)46-27-19-14-20-28-46)39-49(61)51(63)59-33-35-67-37-38-68-36-34-60-52(64)50-40-44(42-62(50)54(66)70-56(4,5)6)72-74(58(10,11)12,47-29-21-15-22-30-47)48-31-23-16-24-32-48/h13-32,43-44,49-50H,33-42H2,1-12H3,(H,59,63)(H,60,64)/t43-,44-,49+,50+/m1/s1. The van der Waals surface area contributed by atoms with Gasteiger partial charge in [0.25, 0.3) is 16.6 Å². The lowest BCUT2D eigenvalue weighted by atomic mass is 10.2. The molecule has 0 aromatic heterocycles. The Bertz CT molecular complexity index is 2190. The van der Waals surface area contributed by atoms with E-state index in [1.54, 1.807) is 0 Å². The summed E-state index contributed by atoms with van der Waals surface area (Å²) in [6.07, 6.45) is -1.40. The molecule has 74 heavy (non-hydrogen) atoms. The summed E-state index contributed by atoms with van der Waals surface area (Å²) < 4.78 is 38.0. The maximum atomic E-state index is 13.9. The predicted molar refractivity (Wildman–Crippen MR) is 295 cm³/mol. The monoisotopic (exact) mass is 1050 g/mol. The van der Waals surface area contributed by atoms with E-state index in [-0.39, 0.29) is 74.5 Å². The van der Waals surface area contributed by atoms with Crippen molar-refractivity contribution < 1.29 is 47.0 Å². The Labute approximate surface area is 442 Å². The van der Waals surface area contributed by atoms with Crippen LogP contribution in [0.25, 0.3) is 0 Å². The van der Waals surface area contributed by atoms with E-state index >= 15 is 0 Å². The maximum absolute atomic E-state index is 13.9. The SMILES string of the molecule is CC(C)(C)OC(=O)N1C[C@H](O[Si](c2ccccc2)(c2ccccc2)C(C)(C)C)C[C@H]1C(=O)NCCOCCOCCNC(=O)[C@@H]1C[C@@H](O[Si](c2ccccc2)(c2ccccc2)C(C)(C)C)CN1C(=O)OC(C)(C)C. The third-order valence-corrected chi connectivity index (χ3v) is 23.6. The Kier molecular flexibility index (Phi) is 19.2. The van der Waals surface area contributed by atoms with E-state index in [2.05, 4.69) is 101 Å². The third-order valence-electron chi connectivity index (χ3n) is 13.4. The molecule has 0 aliphatic carbocycles. The number of carbonyl (C=O) groups is 4. The predicted octanol–water partition coefficient (Wildman–Crippen LogP) is 7.16. The second-order valence-corrected chi connectivity index (χ2v) is 31.9. The van der Waals surface area contributed by atoms with Gasteiger partial charge < -0.3 is 38.4 Å².